The smallest absolute Gasteiger partial charge is 0.298 e. The Labute approximate surface area is 93.3 Å². The third-order valence-corrected chi connectivity index (χ3v) is 2.53. The van der Waals surface area contributed by atoms with Crippen LogP contribution in [0.25, 0.3) is 5.57 Å². The molecule has 0 fully saturated rings. The van der Waals surface area contributed by atoms with Gasteiger partial charge in [0.15, 0.2) is 6.04 Å². The van der Waals surface area contributed by atoms with Gasteiger partial charge in [-0.15, -0.1) is 0 Å². The fourth-order valence-corrected chi connectivity index (χ4v) is 1.71. The van der Waals surface area contributed by atoms with Crippen LogP contribution in [-0.4, -0.2) is 18.5 Å². The van der Waals surface area contributed by atoms with Crippen molar-refractivity contribution in [3.05, 3.63) is 34.6 Å². The van der Waals surface area contributed by atoms with Gasteiger partial charge in [0.2, 0.25) is 0 Å². The van der Waals surface area contributed by atoms with Crippen LogP contribution < -0.4 is 10.6 Å². The topological polar surface area (TPSA) is 29.4 Å². The number of carbonyl (C=O) groups is 1. The summed E-state index contributed by atoms with van der Waals surface area (Å²) in [6.45, 7) is 0. The molecule has 0 amide bonds. The number of carbonyl (C=O) groups excluding carboxylic acids is 1. The van der Waals surface area contributed by atoms with Crippen LogP contribution in [-0.2, 0) is 4.79 Å². The zero-order chi connectivity index (χ0) is 12.6. The summed E-state index contributed by atoms with van der Waals surface area (Å²) in [6, 6.07) is 1.26. The van der Waals surface area contributed by atoms with Gasteiger partial charge in [-0.25, -0.2) is 4.39 Å². The van der Waals surface area contributed by atoms with Gasteiger partial charge in [0.1, 0.15) is 12.1 Å². The number of benzene rings is 1. The lowest BCUT2D eigenvalue weighted by Crippen LogP contribution is -2.40. The van der Waals surface area contributed by atoms with Crippen LogP contribution in [0.2, 0.25) is 0 Å². The number of aldehydes is 1. The van der Waals surface area contributed by atoms with E-state index >= 15 is 0 Å². The third kappa shape index (κ3) is 2.20. The molecule has 0 saturated carbocycles. The normalized spacial score (nSPS) is 19.5. The SMILES string of the molecule is O=CC1=c2cc(F)ccc2=N[C@H](C(F)(F)F)C1. The molecular formula is C11H7F4NO. The minimum absolute atomic E-state index is 0.00192. The van der Waals surface area contributed by atoms with Crippen molar-refractivity contribution in [2.75, 3.05) is 0 Å². The van der Waals surface area contributed by atoms with E-state index in [9.17, 15) is 22.4 Å². The quantitative estimate of drug-likeness (QED) is 0.538. The molecule has 2 nitrogen and oxygen atoms in total. The van der Waals surface area contributed by atoms with E-state index in [-0.39, 0.29) is 16.1 Å². The number of hydrogen-bond donors (Lipinski definition) is 0. The molecule has 0 spiro atoms. The summed E-state index contributed by atoms with van der Waals surface area (Å²) in [5, 5.41) is 0.141. The molecule has 17 heavy (non-hydrogen) atoms. The minimum Gasteiger partial charge on any atom is -0.298 e. The Hall–Kier alpha value is -1.72. The van der Waals surface area contributed by atoms with Crippen molar-refractivity contribution in [2.45, 2.75) is 18.6 Å². The number of rotatable bonds is 1. The van der Waals surface area contributed by atoms with E-state index in [1.807, 2.05) is 0 Å². The summed E-state index contributed by atoms with van der Waals surface area (Å²) < 4.78 is 50.5. The van der Waals surface area contributed by atoms with Gasteiger partial charge in [-0.3, -0.25) is 9.79 Å². The summed E-state index contributed by atoms with van der Waals surface area (Å²) in [5.41, 5.74) is -0.0724. The molecule has 0 aliphatic carbocycles. The first-order valence-electron chi connectivity index (χ1n) is 4.80. The lowest BCUT2D eigenvalue weighted by molar-refractivity contribution is -0.146. The lowest BCUT2D eigenvalue weighted by Gasteiger charge is -2.19. The predicted molar refractivity (Wildman–Crippen MR) is 51.1 cm³/mol. The van der Waals surface area contributed by atoms with Crippen molar-refractivity contribution < 1.29 is 22.4 Å². The van der Waals surface area contributed by atoms with Gasteiger partial charge < -0.3 is 0 Å². The van der Waals surface area contributed by atoms with Gasteiger partial charge in [-0.05, 0) is 18.2 Å². The number of halogens is 4. The molecule has 0 aromatic heterocycles. The van der Waals surface area contributed by atoms with Crippen LogP contribution >= 0.6 is 0 Å². The monoisotopic (exact) mass is 245 g/mol. The predicted octanol–water partition coefficient (Wildman–Crippen LogP) is 1.13. The van der Waals surface area contributed by atoms with E-state index in [4.69, 9.17) is 0 Å². The Bertz CT molecular complexity index is 576. The van der Waals surface area contributed by atoms with Gasteiger partial charge in [0, 0.05) is 17.2 Å². The molecule has 1 aromatic rings. The van der Waals surface area contributed by atoms with Crippen molar-refractivity contribution in [1.29, 1.82) is 0 Å². The standard InChI is InChI=1S/C11H7F4NO/c12-7-1-2-9-8(4-7)6(5-17)3-10(16-9)11(13,14)15/h1-2,4-5,10H,3H2/t10-/m0/s1. The van der Waals surface area contributed by atoms with Crippen molar-refractivity contribution in [3.63, 3.8) is 0 Å². The maximum absolute atomic E-state index is 12.9. The van der Waals surface area contributed by atoms with Crippen LogP contribution in [0.1, 0.15) is 6.42 Å². The Balaban J connectivity index is 2.67. The van der Waals surface area contributed by atoms with Gasteiger partial charge >= 0.3 is 6.18 Å². The van der Waals surface area contributed by atoms with E-state index in [0.29, 0.717) is 6.29 Å². The fraction of sp³-hybridized carbons (Fsp3) is 0.273. The Morgan fingerprint density at radius 2 is 2.06 bits per heavy atom. The van der Waals surface area contributed by atoms with Gasteiger partial charge in [-0.2, -0.15) is 13.2 Å². The van der Waals surface area contributed by atoms with E-state index in [1.165, 1.54) is 0 Å². The molecule has 1 aliphatic heterocycles. The minimum atomic E-state index is -4.50. The van der Waals surface area contributed by atoms with Gasteiger partial charge in [-0.1, -0.05) is 0 Å². The summed E-state index contributed by atoms with van der Waals surface area (Å²) in [6.07, 6.45) is -4.71. The highest BCUT2D eigenvalue weighted by molar-refractivity contribution is 5.98. The molecule has 1 aromatic carbocycles. The summed E-state index contributed by atoms with van der Waals surface area (Å²) in [4.78, 5) is 14.2. The van der Waals surface area contributed by atoms with E-state index in [2.05, 4.69) is 4.99 Å². The summed E-state index contributed by atoms with van der Waals surface area (Å²) in [7, 11) is 0. The van der Waals surface area contributed by atoms with Crippen LogP contribution in [0.4, 0.5) is 17.6 Å². The molecule has 0 N–H and O–H groups in total. The maximum atomic E-state index is 12.9. The second kappa shape index (κ2) is 3.94. The molecular weight excluding hydrogens is 238 g/mol. The second-order valence-electron chi connectivity index (χ2n) is 3.70. The number of alkyl halides is 3. The van der Waals surface area contributed by atoms with Crippen LogP contribution in [0.3, 0.4) is 0 Å². The van der Waals surface area contributed by atoms with Crippen molar-refractivity contribution in [2.24, 2.45) is 4.99 Å². The van der Waals surface area contributed by atoms with E-state index < -0.39 is 24.5 Å². The molecule has 90 valence electrons. The number of nitrogens with zero attached hydrogens (tertiary/aromatic N) is 1. The molecule has 0 unspecified atom stereocenters. The molecule has 2 rings (SSSR count). The van der Waals surface area contributed by atoms with Gasteiger partial charge in [0.05, 0.1) is 5.36 Å². The first-order chi connectivity index (χ1) is 7.91. The maximum Gasteiger partial charge on any atom is 0.411 e. The zero-order valence-electron chi connectivity index (χ0n) is 8.46. The number of fused-ring (bicyclic) bond motifs is 1. The van der Waals surface area contributed by atoms with Crippen molar-refractivity contribution in [3.8, 4) is 0 Å². The van der Waals surface area contributed by atoms with Crippen LogP contribution in [0.5, 0.6) is 0 Å². The zero-order valence-corrected chi connectivity index (χ0v) is 8.46. The van der Waals surface area contributed by atoms with E-state index in [0.717, 1.165) is 18.2 Å². The Morgan fingerprint density at radius 1 is 1.35 bits per heavy atom. The Kier molecular flexibility index (Phi) is 2.73. The average Bonchev–Trinajstić information content (AvgIpc) is 2.26. The first-order valence-corrected chi connectivity index (χ1v) is 4.80. The highest BCUT2D eigenvalue weighted by Crippen LogP contribution is 2.27. The first kappa shape index (κ1) is 11.8. The average molecular weight is 245 g/mol. The summed E-state index contributed by atoms with van der Waals surface area (Å²) >= 11 is 0. The molecule has 0 bridgehead atoms. The highest BCUT2D eigenvalue weighted by atomic mass is 19.4. The number of hydrogen-bond acceptors (Lipinski definition) is 2. The molecule has 0 saturated heterocycles. The molecule has 1 heterocycles. The fourth-order valence-electron chi connectivity index (χ4n) is 1.71. The van der Waals surface area contributed by atoms with Crippen molar-refractivity contribution in [1.82, 2.24) is 0 Å². The third-order valence-electron chi connectivity index (χ3n) is 2.53. The molecule has 0 radical (unpaired) electrons. The van der Waals surface area contributed by atoms with Crippen LogP contribution in [0.15, 0.2) is 23.2 Å². The molecule has 1 atom stereocenters. The second-order valence-corrected chi connectivity index (χ2v) is 3.70. The molecule has 1 aliphatic rings. The van der Waals surface area contributed by atoms with E-state index in [1.54, 1.807) is 0 Å². The largest absolute Gasteiger partial charge is 0.411 e. The van der Waals surface area contributed by atoms with Crippen molar-refractivity contribution >= 4 is 11.9 Å². The Morgan fingerprint density at radius 3 is 2.65 bits per heavy atom. The molecule has 6 heteroatoms. The van der Waals surface area contributed by atoms with Gasteiger partial charge in [0.25, 0.3) is 0 Å². The van der Waals surface area contributed by atoms with Crippen LogP contribution in [0, 0.1) is 5.82 Å². The summed E-state index contributed by atoms with van der Waals surface area (Å²) in [5.74, 6) is -0.608. The lowest BCUT2D eigenvalue weighted by atomic mass is 10.0. The highest BCUT2D eigenvalue weighted by Gasteiger charge is 2.40.